The molecule has 0 aliphatic rings. The Morgan fingerprint density at radius 2 is 2.12 bits per heavy atom. The van der Waals surface area contributed by atoms with E-state index in [1.54, 1.807) is 12.1 Å². The lowest BCUT2D eigenvalue weighted by atomic mass is 10.1. The van der Waals surface area contributed by atoms with Crippen molar-refractivity contribution in [3.63, 3.8) is 0 Å². The predicted molar refractivity (Wildman–Crippen MR) is 63.2 cm³/mol. The van der Waals surface area contributed by atoms with Gasteiger partial charge in [0.05, 0.1) is 12.7 Å². The fourth-order valence-electron chi connectivity index (χ4n) is 1.14. The molecule has 0 aliphatic heterocycles. The number of hydrogen-bond donors (Lipinski definition) is 1. The van der Waals surface area contributed by atoms with Crippen LogP contribution in [-0.4, -0.2) is 25.5 Å². The molecule has 0 aliphatic carbocycles. The minimum Gasteiger partial charge on any atom is -0.468 e. The molecule has 0 radical (unpaired) electrons. The average molecular weight is 286 g/mol. The Labute approximate surface area is 102 Å². The molecule has 0 unspecified atom stereocenters. The van der Waals surface area contributed by atoms with Crippen molar-refractivity contribution in [2.45, 2.75) is 6.92 Å². The monoisotopic (exact) mass is 285 g/mol. The first-order chi connectivity index (χ1) is 7.56. The number of amides is 1. The van der Waals surface area contributed by atoms with Gasteiger partial charge in [0.25, 0.3) is 5.91 Å². The van der Waals surface area contributed by atoms with Crippen LogP contribution in [0.4, 0.5) is 0 Å². The molecule has 0 aromatic heterocycles. The maximum absolute atomic E-state index is 11.7. The van der Waals surface area contributed by atoms with Crippen LogP contribution < -0.4 is 5.32 Å². The number of hydrogen-bond acceptors (Lipinski definition) is 3. The van der Waals surface area contributed by atoms with Crippen LogP contribution in [0.2, 0.25) is 0 Å². The Bertz CT molecular complexity index is 418. The molecule has 0 heterocycles. The smallest absolute Gasteiger partial charge is 0.325 e. The molecule has 0 saturated heterocycles. The molecule has 0 fully saturated rings. The number of nitrogens with one attached hydrogen (secondary N) is 1. The van der Waals surface area contributed by atoms with Crippen LogP contribution in [-0.2, 0) is 9.53 Å². The summed E-state index contributed by atoms with van der Waals surface area (Å²) in [5, 5.41) is 2.47. The third kappa shape index (κ3) is 3.06. The second-order valence-electron chi connectivity index (χ2n) is 3.20. The van der Waals surface area contributed by atoms with Gasteiger partial charge in [-0.05, 0) is 34.5 Å². The second kappa shape index (κ2) is 5.65. The van der Waals surface area contributed by atoms with E-state index in [9.17, 15) is 9.59 Å². The summed E-state index contributed by atoms with van der Waals surface area (Å²) in [5.74, 6) is -0.780. The Kier molecular flexibility index (Phi) is 4.49. The highest BCUT2D eigenvalue weighted by Gasteiger charge is 2.12. The summed E-state index contributed by atoms with van der Waals surface area (Å²) in [6.45, 7) is 1.76. The molecule has 0 saturated carbocycles. The number of esters is 1. The van der Waals surface area contributed by atoms with Gasteiger partial charge in [0.2, 0.25) is 0 Å². The molecule has 1 aromatic carbocycles. The minimum atomic E-state index is -0.475. The maximum atomic E-state index is 11.7. The van der Waals surface area contributed by atoms with Crippen molar-refractivity contribution < 1.29 is 14.3 Å². The summed E-state index contributed by atoms with van der Waals surface area (Å²) in [6, 6.07) is 5.36. The normalized spacial score (nSPS) is 9.69. The van der Waals surface area contributed by atoms with Gasteiger partial charge in [0.15, 0.2) is 0 Å². The number of carbonyl (C=O) groups is 2. The van der Waals surface area contributed by atoms with Gasteiger partial charge in [-0.3, -0.25) is 9.59 Å². The third-order valence-electron chi connectivity index (χ3n) is 2.06. The molecule has 5 heteroatoms. The quantitative estimate of drug-likeness (QED) is 0.860. The van der Waals surface area contributed by atoms with Crippen molar-refractivity contribution in [3.05, 3.63) is 33.8 Å². The van der Waals surface area contributed by atoms with Crippen LogP contribution in [0.25, 0.3) is 0 Å². The van der Waals surface area contributed by atoms with E-state index >= 15 is 0 Å². The van der Waals surface area contributed by atoms with Gasteiger partial charge in [-0.1, -0.05) is 12.1 Å². The zero-order valence-corrected chi connectivity index (χ0v) is 10.6. The molecule has 4 nitrogen and oxygen atoms in total. The van der Waals surface area contributed by atoms with Crippen molar-refractivity contribution in [3.8, 4) is 0 Å². The molecule has 1 aromatic rings. The third-order valence-corrected chi connectivity index (χ3v) is 3.11. The van der Waals surface area contributed by atoms with Gasteiger partial charge in [-0.15, -0.1) is 0 Å². The first-order valence-corrected chi connectivity index (χ1v) is 5.45. The van der Waals surface area contributed by atoms with Crippen LogP contribution in [0, 0.1) is 6.92 Å². The number of aryl methyl sites for hydroxylation is 1. The molecule has 0 spiro atoms. The van der Waals surface area contributed by atoms with E-state index in [1.807, 2.05) is 13.0 Å². The molecular formula is C11H12BrNO3. The fraction of sp³-hybridized carbons (Fsp3) is 0.273. The molecule has 1 N–H and O–H groups in total. The van der Waals surface area contributed by atoms with E-state index in [4.69, 9.17) is 0 Å². The summed E-state index contributed by atoms with van der Waals surface area (Å²) in [4.78, 5) is 22.5. The first kappa shape index (κ1) is 12.7. The fourth-order valence-corrected chi connectivity index (χ4v) is 1.59. The molecular weight excluding hydrogens is 274 g/mol. The molecule has 0 bridgehead atoms. The number of methoxy groups -OCH3 is 1. The highest BCUT2D eigenvalue weighted by Crippen LogP contribution is 2.20. The van der Waals surface area contributed by atoms with Gasteiger partial charge in [0.1, 0.15) is 6.54 Å². The molecule has 16 heavy (non-hydrogen) atoms. The average Bonchev–Trinajstić information content (AvgIpc) is 2.29. The van der Waals surface area contributed by atoms with Gasteiger partial charge >= 0.3 is 5.97 Å². The zero-order chi connectivity index (χ0) is 12.1. The van der Waals surface area contributed by atoms with Crippen LogP contribution in [0.5, 0.6) is 0 Å². The summed E-state index contributed by atoms with van der Waals surface area (Å²) in [6.07, 6.45) is 0. The topological polar surface area (TPSA) is 55.4 Å². The SMILES string of the molecule is COC(=O)CNC(=O)c1cccc(C)c1Br. The van der Waals surface area contributed by atoms with Crippen LogP contribution >= 0.6 is 15.9 Å². The number of benzene rings is 1. The highest BCUT2D eigenvalue weighted by atomic mass is 79.9. The van der Waals surface area contributed by atoms with Crippen molar-refractivity contribution in [1.82, 2.24) is 5.32 Å². The van der Waals surface area contributed by atoms with E-state index in [-0.39, 0.29) is 12.5 Å². The molecule has 86 valence electrons. The lowest BCUT2D eigenvalue weighted by Gasteiger charge is -2.07. The summed E-state index contributed by atoms with van der Waals surface area (Å²) < 4.78 is 5.16. The van der Waals surface area contributed by atoms with Crippen LogP contribution in [0.3, 0.4) is 0 Å². The highest BCUT2D eigenvalue weighted by molar-refractivity contribution is 9.10. The predicted octanol–water partition coefficient (Wildman–Crippen LogP) is 1.66. The maximum Gasteiger partial charge on any atom is 0.325 e. The first-order valence-electron chi connectivity index (χ1n) is 4.66. The van der Waals surface area contributed by atoms with Crippen molar-refractivity contribution in [2.75, 3.05) is 13.7 Å². The van der Waals surface area contributed by atoms with Crippen molar-refractivity contribution in [1.29, 1.82) is 0 Å². The largest absolute Gasteiger partial charge is 0.468 e. The molecule has 1 rings (SSSR count). The Morgan fingerprint density at radius 1 is 1.44 bits per heavy atom. The van der Waals surface area contributed by atoms with E-state index in [2.05, 4.69) is 26.0 Å². The molecule has 0 atom stereocenters. The van der Waals surface area contributed by atoms with E-state index in [0.29, 0.717) is 5.56 Å². The van der Waals surface area contributed by atoms with Gasteiger partial charge in [-0.25, -0.2) is 0 Å². The zero-order valence-electron chi connectivity index (χ0n) is 9.04. The van der Waals surface area contributed by atoms with E-state index in [1.165, 1.54) is 7.11 Å². The Balaban J connectivity index is 2.74. The second-order valence-corrected chi connectivity index (χ2v) is 3.99. The van der Waals surface area contributed by atoms with Crippen molar-refractivity contribution in [2.24, 2.45) is 0 Å². The Hall–Kier alpha value is -1.36. The lowest BCUT2D eigenvalue weighted by Crippen LogP contribution is -2.30. The van der Waals surface area contributed by atoms with E-state index in [0.717, 1.165) is 10.0 Å². The van der Waals surface area contributed by atoms with Gasteiger partial charge in [0, 0.05) is 4.47 Å². The summed E-state index contributed by atoms with van der Waals surface area (Å²) >= 11 is 3.33. The molecule has 1 amide bonds. The van der Waals surface area contributed by atoms with Crippen LogP contribution in [0.15, 0.2) is 22.7 Å². The summed E-state index contributed by atoms with van der Waals surface area (Å²) in [5.41, 5.74) is 1.47. The lowest BCUT2D eigenvalue weighted by molar-refractivity contribution is -0.139. The number of rotatable bonds is 3. The number of carbonyl (C=O) groups excluding carboxylic acids is 2. The van der Waals surface area contributed by atoms with Crippen LogP contribution in [0.1, 0.15) is 15.9 Å². The minimum absolute atomic E-state index is 0.129. The van der Waals surface area contributed by atoms with Gasteiger partial charge in [-0.2, -0.15) is 0 Å². The van der Waals surface area contributed by atoms with Crippen molar-refractivity contribution >= 4 is 27.8 Å². The Morgan fingerprint density at radius 3 is 2.75 bits per heavy atom. The standard InChI is InChI=1S/C11H12BrNO3/c1-7-4-3-5-8(10(7)12)11(15)13-6-9(14)16-2/h3-5H,6H2,1-2H3,(H,13,15). The van der Waals surface area contributed by atoms with Gasteiger partial charge < -0.3 is 10.1 Å². The van der Waals surface area contributed by atoms with E-state index < -0.39 is 5.97 Å². The number of halogens is 1. The number of ether oxygens (including phenoxy) is 1. The summed E-state index contributed by atoms with van der Waals surface area (Å²) in [7, 11) is 1.27.